The Balaban J connectivity index is 1.65. The second-order valence-corrected chi connectivity index (χ2v) is 8.74. The van der Waals surface area contributed by atoms with Crippen LogP contribution in [-0.4, -0.2) is 49.3 Å². The molecular weight excluding hydrogens is 405 g/mol. The minimum absolute atomic E-state index is 0.141. The first-order chi connectivity index (χ1) is 14.6. The van der Waals surface area contributed by atoms with Gasteiger partial charge < -0.3 is 9.87 Å². The molecule has 1 aromatic rings. The molecule has 6 nitrogen and oxygen atoms in total. The van der Waals surface area contributed by atoms with E-state index in [0.29, 0.717) is 19.5 Å². The fourth-order valence-corrected chi connectivity index (χ4v) is 5.00. The summed E-state index contributed by atoms with van der Waals surface area (Å²) in [5.41, 5.74) is 0.338. The van der Waals surface area contributed by atoms with E-state index in [4.69, 9.17) is 0 Å². The minimum atomic E-state index is -2.33. The van der Waals surface area contributed by atoms with E-state index in [-0.39, 0.29) is 5.91 Å². The van der Waals surface area contributed by atoms with Gasteiger partial charge in [-0.1, -0.05) is 38.2 Å². The molecule has 1 aliphatic rings. The summed E-state index contributed by atoms with van der Waals surface area (Å²) in [4.78, 5) is 15.8. The molecule has 1 saturated carbocycles. The van der Waals surface area contributed by atoms with E-state index in [0.717, 1.165) is 63.4 Å². The molecule has 0 saturated heterocycles. The normalized spacial score (nSPS) is 17.3. The first kappa shape index (κ1) is 24.6. The zero-order valence-corrected chi connectivity index (χ0v) is 18.4. The Hall–Kier alpha value is -1.64. The fourth-order valence-electron chi connectivity index (χ4n) is 4.13. The van der Waals surface area contributed by atoms with Crippen molar-refractivity contribution < 1.29 is 17.9 Å². The Morgan fingerprint density at radius 1 is 1.27 bits per heavy atom. The number of nitrogens with zero attached hydrogens (tertiary/aromatic N) is 2. The van der Waals surface area contributed by atoms with Crippen LogP contribution in [0.3, 0.4) is 0 Å². The van der Waals surface area contributed by atoms with Gasteiger partial charge in [0, 0.05) is 48.4 Å². The minimum Gasteiger partial charge on any atom is -0.760 e. The average Bonchev–Trinajstić information content (AvgIpc) is 2.75. The molecule has 8 heteroatoms. The third kappa shape index (κ3) is 8.24. The van der Waals surface area contributed by atoms with Gasteiger partial charge in [0.15, 0.2) is 0 Å². The van der Waals surface area contributed by atoms with Gasteiger partial charge in [-0.25, -0.2) is 4.31 Å². The molecule has 0 aliphatic heterocycles. The molecule has 0 spiro atoms. The highest BCUT2D eigenvalue weighted by atomic mass is 32.2. The highest BCUT2D eigenvalue weighted by Crippen LogP contribution is 2.37. The predicted octanol–water partition coefficient (Wildman–Crippen LogP) is 3.93. The van der Waals surface area contributed by atoms with Crippen molar-refractivity contribution in [1.29, 1.82) is 0 Å². The molecule has 168 valence electrons. The van der Waals surface area contributed by atoms with Crippen LogP contribution in [0.15, 0.2) is 30.6 Å². The van der Waals surface area contributed by atoms with Crippen molar-refractivity contribution in [3.8, 4) is 0 Å². The van der Waals surface area contributed by atoms with Crippen LogP contribution in [0.4, 0.5) is 4.39 Å². The fraction of sp³-hybridized carbons (Fsp3) is 0.636. The third-order valence-electron chi connectivity index (χ3n) is 5.75. The van der Waals surface area contributed by atoms with Crippen LogP contribution in [0.5, 0.6) is 0 Å². The first-order valence-electron chi connectivity index (χ1n) is 10.9. The molecular formula is C22H33FN3O3S-. The SMILES string of the molecule is O=C(/C=C/c1cccnc1)NCCCCCCN(S(=O)[O-])C1(CCF)CCCCC1. The molecule has 1 fully saturated rings. The van der Waals surface area contributed by atoms with Gasteiger partial charge in [0.05, 0.1) is 6.67 Å². The summed E-state index contributed by atoms with van der Waals surface area (Å²) in [6.07, 6.45) is 14.8. The van der Waals surface area contributed by atoms with E-state index in [1.165, 1.54) is 10.4 Å². The molecule has 30 heavy (non-hydrogen) atoms. The van der Waals surface area contributed by atoms with Gasteiger partial charge in [0.2, 0.25) is 5.91 Å². The lowest BCUT2D eigenvalue weighted by atomic mass is 9.79. The first-order valence-corrected chi connectivity index (χ1v) is 11.9. The molecule has 1 amide bonds. The lowest BCUT2D eigenvalue weighted by Gasteiger charge is -2.46. The number of pyridine rings is 1. The predicted molar refractivity (Wildman–Crippen MR) is 117 cm³/mol. The molecule has 0 bridgehead atoms. The van der Waals surface area contributed by atoms with Gasteiger partial charge >= 0.3 is 0 Å². The van der Waals surface area contributed by atoms with E-state index in [1.54, 1.807) is 18.5 Å². The van der Waals surface area contributed by atoms with Crippen LogP contribution in [0, 0.1) is 0 Å². The van der Waals surface area contributed by atoms with Crippen molar-refractivity contribution in [2.75, 3.05) is 19.8 Å². The molecule has 0 aromatic carbocycles. The van der Waals surface area contributed by atoms with Crippen molar-refractivity contribution >= 4 is 23.2 Å². The van der Waals surface area contributed by atoms with Gasteiger partial charge in [-0.3, -0.25) is 18.4 Å². The van der Waals surface area contributed by atoms with E-state index >= 15 is 0 Å². The van der Waals surface area contributed by atoms with Crippen molar-refractivity contribution in [2.24, 2.45) is 0 Å². The lowest BCUT2D eigenvalue weighted by molar-refractivity contribution is -0.116. The Morgan fingerprint density at radius 2 is 2.03 bits per heavy atom. The van der Waals surface area contributed by atoms with Crippen LogP contribution in [0.2, 0.25) is 0 Å². The van der Waals surface area contributed by atoms with E-state index in [2.05, 4.69) is 10.3 Å². The van der Waals surface area contributed by atoms with E-state index < -0.39 is 23.5 Å². The maximum absolute atomic E-state index is 13.1. The van der Waals surface area contributed by atoms with Crippen LogP contribution < -0.4 is 5.32 Å². The number of hydrogen-bond acceptors (Lipinski definition) is 4. The number of hydrogen-bond donors (Lipinski definition) is 1. The number of carbonyl (C=O) groups is 1. The summed E-state index contributed by atoms with van der Waals surface area (Å²) in [6, 6.07) is 3.69. The van der Waals surface area contributed by atoms with E-state index in [1.807, 2.05) is 12.1 Å². The largest absolute Gasteiger partial charge is 0.760 e. The number of carbonyl (C=O) groups excluding carboxylic acids is 1. The number of amides is 1. The number of nitrogens with one attached hydrogen (secondary N) is 1. The summed E-state index contributed by atoms with van der Waals surface area (Å²) in [6.45, 7) is 0.540. The maximum atomic E-state index is 13.1. The molecule has 0 radical (unpaired) electrons. The highest BCUT2D eigenvalue weighted by Gasteiger charge is 2.38. The maximum Gasteiger partial charge on any atom is 0.243 e. The zero-order valence-electron chi connectivity index (χ0n) is 17.6. The van der Waals surface area contributed by atoms with Crippen molar-refractivity contribution in [1.82, 2.24) is 14.6 Å². The van der Waals surface area contributed by atoms with Crippen LogP contribution in [0.25, 0.3) is 6.08 Å². The summed E-state index contributed by atoms with van der Waals surface area (Å²) in [5.74, 6) is -0.141. The Bertz CT molecular complexity index is 676. The quantitative estimate of drug-likeness (QED) is 0.287. The highest BCUT2D eigenvalue weighted by molar-refractivity contribution is 7.76. The Labute approximate surface area is 181 Å². The molecule has 2 rings (SSSR count). The van der Waals surface area contributed by atoms with Crippen molar-refractivity contribution in [3.63, 3.8) is 0 Å². The number of alkyl halides is 1. The number of unbranched alkanes of at least 4 members (excludes halogenated alkanes) is 3. The summed E-state index contributed by atoms with van der Waals surface area (Å²) < 4.78 is 38.3. The average molecular weight is 439 g/mol. The number of rotatable bonds is 13. The van der Waals surface area contributed by atoms with Crippen molar-refractivity contribution in [3.05, 3.63) is 36.2 Å². The van der Waals surface area contributed by atoms with Gasteiger partial charge in [-0.15, -0.1) is 0 Å². The standard InChI is InChI=1S/C22H34FN3O3S/c23-15-14-22(12-4-3-5-13-22)26(30(28)29)18-7-2-1-6-17-25-21(27)11-10-20-9-8-16-24-19-20/h8-11,16,19H,1-7,12-15,17-18H2,(H,25,27)(H,28,29)/p-1/b11-10+. The van der Waals surface area contributed by atoms with E-state index in [9.17, 15) is 17.9 Å². The third-order valence-corrected chi connectivity index (χ3v) is 6.68. The molecule has 1 aromatic heterocycles. The monoisotopic (exact) mass is 438 g/mol. The van der Waals surface area contributed by atoms with Crippen LogP contribution in [-0.2, 0) is 16.1 Å². The van der Waals surface area contributed by atoms with Gasteiger partial charge in [0.1, 0.15) is 0 Å². The van der Waals surface area contributed by atoms with Gasteiger partial charge in [-0.2, -0.15) is 0 Å². The summed E-state index contributed by atoms with van der Waals surface area (Å²) >= 11 is -2.33. The van der Waals surface area contributed by atoms with Crippen molar-refractivity contribution in [2.45, 2.75) is 69.7 Å². The number of halogens is 1. The summed E-state index contributed by atoms with van der Waals surface area (Å²) in [5, 5.41) is 2.85. The van der Waals surface area contributed by atoms with Gasteiger partial charge in [-0.05, 0) is 49.8 Å². The van der Waals surface area contributed by atoms with Gasteiger partial charge in [0.25, 0.3) is 0 Å². The second kappa shape index (κ2) is 13.6. The van der Waals surface area contributed by atoms with Crippen LogP contribution in [0.1, 0.15) is 69.8 Å². The zero-order chi connectivity index (χ0) is 21.7. The molecule has 1 atom stereocenters. The Kier molecular flexibility index (Phi) is 11.2. The molecule has 1 N–H and O–H groups in total. The van der Waals surface area contributed by atoms with Crippen LogP contribution >= 0.6 is 0 Å². The molecule has 1 unspecified atom stereocenters. The summed E-state index contributed by atoms with van der Waals surface area (Å²) in [7, 11) is 0. The molecule has 1 heterocycles. The lowest BCUT2D eigenvalue weighted by Crippen LogP contribution is -2.51. The Morgan fingerprint density at radius 3 is 2.70 bits per heavy atom. The second-order valence-electron chi connectivity index (χ2n) is 7.87. The number of aromatic nitrogens is 1. The topological polar surface area (TPSA) is 85.4 Å². The molecule has 1 aliphatic carbocycles. The smallest absolute Gasteiger partial charge is 0.243 e.